The van der Waals surface area contributed by atoms with Crippen LogP contribution in [0.1, 0.15) is 31.6 Å². The number of thiazole rings is 1. The van der Waals surface area contributed by atoms with E-state index in [0.29, 0.717) is 0 Å². The number of aromatic nitrogens is 1. The van der Waals surface area contributed by atoms with Gasteiger partial charge >= 0.3 is 0 Å². The highest BCUT2D eigenvalue weighted by molar-refractivity contribution is 7.15. The number of rotatable bonds is 5. The fourth-order valence-corrected chi connectivity index (χ4v) is 2.65. The van der Waals surface area contributed by atoms with Crippen LogP contribution in [0.4, 0.5) is 5.13 Å². The molecule has 0 saturated carbocycles. The van der Waals surface area contributed by atoms with Crippen LogP contribution in [0.3, 0.4) is 0 Å². The molecule has 0 aliphatic carbocycles. The van der Waals surface area contributed by atoms with Crippen molar-refractivity contribution in [3.63, 3.8) is 0 Å². The zero-order chi connectivity index (χ0) is 13.7. The number of nitrogens with one attached hydrogen (secondary N) is 1. The molecule has 1 aromatic heterocycles. The van der Waals surface area contributed by atoms with E-state index in [1.54, 1.807) is 11.3 Å². The predicted molar refractivity (Wildman–Crippen MR) is 83.9 cm³/mol. The Morgan fingerprint density at radius 2 is 2.05 bits per heavy atom. The van der Waals surface area contributed by atoms with E-state index in [-0.39, 0.29) is 0 Å². The average molecular weight is 273 g/mol. The molecule has 3 nitrogen and oxygen atoms in total. The maximum absolute atomic E-state index is 4.61. The summed E-state index contributed by atoms with van der Waals surface area (Å²) in [6.45, 7) is 6.28. The van der Waals surface area contributed by atoms with Crippen LogP contribution in [0, 0.1) is 6.92 Å². The van der Waals surface area contributed by atoms with E-state index >= 15 is 0 Å². The van der Waals surface area contributed by atoms with Gasteiger partial charge in [-0.2, -0.15) is 5.10 Å². The molecule has 0 unspecified atom stereocenters. The SMILES string of the molecule is CCC/C(C)=N\Nc1nc(-c2ccccc2)c(C)s1. The van der Waals surface area contributed by atoms with Gasteiger partial charge in [0.2, 0.25) is 5.13 Å². The molecule has 1 N–H and O–H groups in total. The van der Waals surface area contributed by atoms with Crippen molar-refractivity contribution in [1.82, 2.24) is 4.98 Å². The predicted octanol–water partition coefficient (Wildman–Crippen LogP) is 4.71. The summed E-state index contributed by atoms with van der Waals surface area (Å²) >= 11 is 1.64. The summed E-state index contributed by atoms with van der Waals surface area (Å²) in [6, 6.07) is 10.2. The van der Waals surface area contributed by atoms with Crippen LogP contribution in [0.5, 0.6) is 0 Å². The summed E-state index contributed by atoms with van der Waals surface area (Å²) in [5.74, 6) is 0. The summed E-state index contributed by atoms with van der Waals surface area (Å²) in [5, 5.41) is 5.20. The molecule has 0 atom stereocenters. The van der Waals surface area contributed by atoms with Gasteiger partial charge in [-0.15, -0.1) is 11.3 Å². The Hall–Kier alpha value is -1.68. The third-order valence-electron chi connectivity index (χ3n) is 2.80. The molecule has 1 aromatic carbocycles. The average Bonchev–Trinajstić information content (AvgIpc) is 2.79. The van der Waals surface area contributed by atoms with Gasteiger partial charge < -0.3 is 0 Å². The molecular weight excluding hydrogens is 254 g/mol. The quantitative estimate of drug-likeness (QED) is 0.633. The smallest absolute Gasteiger partial charge is 0.204 e. The van der Waals surface area contributed by atoms with E-state index in [0.717, 1.165) is 34.9 Å². The fourth-order valence-electron chi connectivity index (χ4n) is 1.87. The molecule has 2 rings (SSSR count). The van der Waals surface area contributed by atoms with E-state index in [1.807, 2.05) is 25.1 Å². The first-order valence-electron chi connectivity index (χ1n) is 6.52. The van der Waals surface area contributed by atoms with Crippen LogP contribution in [0.15, 0.2) is 35.4 Å². The molecule has 100 valence electrons. The van der Waals surface area contributed by atoms with E-state index in [1.165, 1.54) is 4.88 Å². The summed E-state index contributed by atoms with van der Waals surface area (Å²) in [7, 11) is 0. The Labute approximate surface area is 118 Å². The number of hydrogen-bond acceptors (Lipinski definition) is 4. The minimum absolute atomic E-state index is 0.854. The van der Waals surface area contributed by atoms with Crippen molar-refractivity contribution in [2.75, 3.05) is 5.43 Å². The number of nitrogens with zero attached hydrogens (tertiary/aromatic N) is 2. The van der Waals surface area contributed by atoms with Gasteiger partial charge in [0.1, 0.15) is 0 Å². The molecule has 0 radical (unpaired) electrons. The topological polar surface area (TPSA) is 37.3 Å². The van der Waals surface area contributed by atoms with Crippen LogP contribution in [0.2, 0.25) is 0 Å². The van der Waals surface area contributed by atoms with E-state index in [2.05, 4.69) is 41.5 Å². The lowest BCUT2D eigenvalue weighted by molar-refractivity contribution is 0.983. The second-order valence-corrected chi connectivity index (χ2v) is 5.70. The third kappa shape index (κ3) is 3.64. The normalized spacial score (nSPS) is 11.6. The molecule has 0 saturated heterocycles. The molecule has 0 aliphatic heterocycles. The van der Waals surface area contributed by atoms with Crippen molar-refractivity contribution >= 4 is 22.2 Å². The number of aryl methyl sites for hydroxylation is 1. The Morgan fingerprint density at radius 1 is 1.32 bits per heavy atom. The zero-order valence-electron chi connectivity index (χ0n) is 11.6. The first-order valence-corrected chi connectivity index (χ1v) is 7.34. The van der Waals surface area contributed by atoms with Crippen molar-refractivity contribution in [2.24, 2.45) is 5.10 Å². The van der Waals surface area contributed by atoms with Crippen LogP contribution in [0.25, 0.3) is 11.3 Å². The number of hydrogen-bond donors (Lipinski definition) is 1. The Bertz CT molecular complexity index is 558. The van der Waals surface area contributed by atoms with Gasteiger partial charge in [0.25, 0.3) is 0 Å². The van der Waals surface area contributed by atoms with Crippen molar-refractivity contribution in [1.29, 1.82) is 0 Å². The molecule has 0 amide bonds. The first-order chi connectivity index (χ1) is 9.20. The maximum atomic E-state index is 4.61. The van der Waals surface area contributed by atoms with Crippen molar-refractivity contribution in [3.8, 4) is 11.3 Å². The lowest BCUT2D eigenvalue weighted by Crippen LogP contribution is -1.96. The number of hydrazone groups is 1. The van der Waals surface area contributed by atoms with Gasteiger partial charge in [0.05, 0.1) is 5.69 Å². The minimum atomic E-state index is 0.854. The van der Waals surface area contributed by atoms with Gasteiger partial charge in [-0.25, -0.2) is 4.98 Å². The molecular formula is C15H19N3S. The van der Waals surface area contributed by atoms with Gasteiger partial charge in [0.15, 0.2) is 0 Å². The summed E-state index contributed by atoms with van der Waals surface area (Å²) in [4.78, 5) is 5.82. The van der Waals surface area contributed by atoms with Gasteiger partial charge in [-0.1, -0.05) is 43.7 Å². The number of benzene rings is 1. The van der Waals surface area contributed by atoms with E-state index in [4.69, 9.17) is 0 Å². The molecule has 0 aliphatic rings. The van der Waals surface area contributed by atoms with Crippen LogP contribution >= 0.6 is 11.3 Å². The molecule has 19 heavy (non-hydrogen) atoms. The molecule has 0 spiro atoms. The first kappa shape index (κ1) is 13.7. The van der Waals surface area contributed by atoms with E-state index < -0.39 is 0 Å². The van der Waals surface area contributed by atoms with Gasteiger partial charge in [-0.3, -0.25) is 5.43 Å². The monoisotopic (exact) mass is 273 g/mol. The van der Waals surface area contributed by atoms with E-state index in [9.17, 15) is 0 Å². The molecule has 2 aromatic rings. The second-order valence-electron chi connectivity index (χ2n) is 4.50. The summed E-state index contributed by atoms with van der Waals surface area (Å²) < 4.78 is 0. The van der Waals surface area contributed by atoms with Crippen LogP contribution in [-0.2, 0) is 0 Å². The van der Waals surface area contributed by atoms with Crippen LogP contribution < -0.4 is 5.43 Å². The van der Waals surface area contributed by atoms with Gasteiger partial charge in [-0.05, 0) is 20.3 Å². The minimum Gasteiger partial charge on any atom is -0.253 e. The lowest BCUT2D eigenvalue weighted by Gasteiger charge is -1.98. The highest BCUT2D eigenvalue weighted by atomic mass is 32.1. The summed E-state index contributed by atoms with van der Waals surface area (Å²) in [5.41, 5.74) is 6.35. The molecule has 0 bridgehead atoms. The Balaban J connectivity index is 2.16. The summed E-state index contributed by atoms with van der Waals surface area (Å²) in [6.07, 6.45) is 2.13. The number of anilines is 1. The molecule has 1 heterocycles. The maximum Gasteiger partial charge on any atom is 0.204 e. The standard InChI is InChI=1S/C15H19N3S/c1-4-8-11(2)17-18-15-16-14(12(3)19-15)13-9-6-5-7-10-13/h5-7,9-10H,4,8H2,1-3H3,(H,16,18)/b17-11-. The van der Waals surface area contributed by atoms with Crippen molar-refractivity contribution in [3.05, 3.63) is 35.2 Å². The largest absolute Gasteiger partial charge is 0.253 e. The fraction of sp³-hybridized carbons (Fsp3) is 0.333. The Morgan fingerprint density at radius 3 is 2.74 bits per heavy atom. The molecule has 0 fully saturated rings. The van der Waals surface area contributed by atoms with Crippen molar-refractivity contribution < 1.29 is 0 Å². The Kier molecular flexibility index (Phi) is 4.68. The van der Waals surface area contributed by atoms with Crippen molar-refractivity contribution in [2.45, 2.75) is 33.6 Å². The second kappa shape index (κ2) is 6.48. The highest BCUT2D eigenvalue weighted by Gasteiger charge is 2.08. The lowest BCUT2D eigenvalue weighted by atomic mass is 10.1. The third-order valence-corrected chi connectivity index (χ3v) is 3.67. The van der Waals surface area contributed by atoms with Crippen LogP contribution in [-0.4, -0.2) is 10.7 Å². The zero-order valence-corrected chi connectivity index (χ0v) is 12.4. The van der Waals surface area contributed by atoms with Gasteiger partial charge in [0, 0.05) is 16.2 Å². The molecule has 4 heteroatoms. The highest BCUT2D eigenvalue weighted by Crippen LogP contribution is 2.30.